The van der Waals surface area contributed by atoms with Gasteiger partial charge in [-0.3, -0.25) is 0 Å². The summed E-state index contributed by atoms with van der Waals surface area (Å²) < 4.78 is 7.57. The van der Waals surface area contributed by atoms with Gasteiger partial charge >= 0.3 is 0 Å². The van der Waals surface area contributed by atoms with Gasteiger partial charge in [0.2, 0.25) is 0 Å². The molecule has 1 saturated carbocycles. The molecule has 6 nitrogen and oxygen atoms in total. The number of tetrazole rings is 1. The first kappa shape index (κ1) is 13.9. The van der Waals surface area contributed by atoms with Crippen molar-refractivity contribution in [2.75, 3.05) is 12.3 Å². The van der Waals surface area contributed by atoms with Crippen LogP contribution >= 0.6 is 0 Å². The third kappa shape index (κ3) is 2.57. The van der Waals surface area contributed by atoms with Crippen LogP contribution in [0.2, 0.25) is 0 Å². The van der Waals surface area contributed by atoms with Crippen molar-refractivity contribution >= 4 is 5.69 Å². The molecule has 1 heterocycles. The van der Waals surface area contributed by atoms with Gasteiger partial charge in [-0.15, -0.1) is 5.10 Å². The quantitative estimate of drug-likeness (QED) is 0.826. The van der Waals surface area contributed by atoms with Gasteiger partial charge in [-0.2, -0.15) is 0 Å². The average molecular weight is 287 g/mol. The lowest BCUT2D eigenvalue weighted by atomic mass is 10.0. The maximum atomic E-state index is 6.03. The minimum absolute atomic E-state index is 0.371. The zero-order valence-corrected chi connectivity index (χ0v) is 12.5. The third-order valence-electron chi connectivity index (χ3n) is 4.30. The van der Waals surface area contributed by atoms with Crippen LogP contribution < -0.4 is 10.5 Å². The monoisotopic (exact) mass is 287 g/mol. The molecule has 1 aliphatic carbocycles. The van der Waals surface area contributed by atoms with E-state index in [9.17, 15) is 0 Å². The van der Waals surface area contributed by atoms with Gasteiger partial charge in [0, 0.05) is 0 Å². The van der Waals surface area contributed by atoms with Crippen molar-refractivity contribution < 1.29 is 4.74 Å². The van der Waals surface area contributed by atoms with Gasteiger partial charge in [0.25, 0.3) is 0 Å². The van der Waals surface area contributed by atoms with Gasteiger partial charge in [-0.25, -0.2) is 4.68 Å². The van der Waals surface area contributed by atoms with Gasteiger partial charge in [0.05, 0.1) is 24.4 Å². The molecule has 112 valence electrons. The number of benzene rings is 1. The molecule has 0 saturated heterocycles. The molecule has 0 atom stereocenters. The largest absolute Gasteiger partial charge is 0.491 e. The summed E-state index contributed by atoms with van der Waals surface area (Å²) in [4.78, 5) is 0. The summed E-state index contributed by atoms with van der Waals surface area (Å²) in [5.41, 5.74) is 7.86. The van der Waals surface area contributed by atoms with Crippen LogP contribution in [0.25, 0.3) is 11.4 Å². The standard InChI is InChI=1S/C15H21N5O/c1-3-15(8-9-15)10-20-14(17-18-19-20)11-6-5-7-12(16)13(11)21-4-2/h5-7H,3-4,8-10,16H2,1-2H3. The van der Waals surface area contributed by atoms with Crippen LogP contribution in [0.3, 0.4) is 0 Å². The molecule has 0 bridgehead atoms. The van der Waals surface area contributed by atoms with Crippen molar-refractivity contribution in [2.24, 2.45) is 5.41 Å². The number of nitrogen functional groups attached to an aromatic ring is 1. The molecule has 1 fully saturated rings. The molecule has 1 aromatic heterocycles. The first-order chi connectivity index (χ1) is 10.2. The number of nitrogens with two attached hydrogens (primary N) is 1. The Balaban J connectivity index is 1.98. The highest BCUT2D eigenvalue weighted by Gasteiger charge is 2.42. The van der Waals surface area contributed by atoms with Crippen molar-refractivity contribution in [3.63, 3.8) is 0 Å². The van der Waals surface area contributed by atoms with Gasteiger partial charge in [0.1, 0.15) is 0 Å². The summed E-state index contributed by atoms with van der Waals surface area (Å²) >= 11 is 0. The maximum Gasteiger partial charge on any atom is 0.185 e. The summed E-state index contributed by atoms with van der Waals surface area (Å²) in [5.74, 6) is 1.39. The predicted octanol–water partition coefficient (Wildman–Crippen LogP) is 2.51. The van der Waals surface area contributed by atoms with Crippen LogP contribution in [0.4, 0.5) is 5.69 Å². The Bertz CT molecular complexity index is 633. The molecule has 0 spiro atoms. The van der Waals surface area contributed by atoms with Crippen molar-refractivity contribution in [3.8, 4) is 17.1 Å². The van der Waals surface area contributed by atoms with E-state index in [2.05, 4.69) is 22.4 Å². The lowest BCUT2D eigenvalue weighted by Crippen LogP contribution is -2.14. The number of hydrogen-bond acceptors (Lipinski definition) is 5. The molecule has 1 aliphatic rings. The number of ether oxygens (including phenoxy) is 1. The maximum absolute atomic E-state index is 6.03. The van der Waals surface area contributed by atoms with E-state index in [0.717, 1.165) is 24.4 Å². The highest BCUT2D eigenvalue weighted by Crippen LogP contribution is 2.50. The second kappa shape index (κ2) is 5.35. The minimum atomic E-state index is 0.371. The van der Waals surface area contributed by atoms with E-state index in [1.54, 1.807) is 0 Å². The van der Waals surface area contributed by atoms with Crippen LogP contribution in [0.15, 0.2) is 18.2 Å². The number of aromatic nitrogens is 4. The van der Waals surface area contributed by atoms with E-state index in [-0.39, 0.29) is 0 Å². The second-order valence-electron chi connectivity index (χ2n) is 5.67. The smallest absolute Gasteiger partial charge is 0.185 e. The second-order valence-corrected chi connectivity index (χ2v) is 5.67. The molecule has 3 rings (SSSR count). The lowest BCUT2D eigenvalue weighted by Gasteiger charge is -2.15. The zero-order chi connectivity index (χ0) is 14.9. The molecule has 2 N–H and O–H groups in total. The Labute approximate surface area is 124 Å². The summed E-state index contributed by atoms with van der Waals surface area (Å²) in [6.07, 6.45) is 3.65. The topological polar surface area (TPSA) is 78.8 Å². The Morgan fingerprint density at radius 2 is 2.14 bits per heavy atom. The SMILES string of the molecule is CCOc1c(N)cccc1-c1nnnn1CC1(CC)CC1. The Kier molecular flexibility index (Phi) is 3.53. The molecule has 0 radical (unpaired) electrons. The Hall–Kier alpha value is -2.11. The van der Waals surface area contributed by atoms with E-state index in [1.165, 1.54) is 12.8 Å². The molecular weight excluding hydrogens is 266 g/mol. The first-order valence-electron chi connectivity index (χ1n) is 7.47. The molecule has 0 amide bonds. The number of nitrogens with zero attached hydrogens (tertiary/aromatic N) is 4. The normalized spacial score (nSPS) is 15.9. The van der Waals surface area contributed by atoms with Gasteiger partial charge in [0.15, 0.2) is 11.6 Å². The zero-order valence-electron chi connectivity index (χ0n) is 12.5. The summed E-state index contributed by atoms with van der Waals surface area (Å²) in [6.45, 7) is 5.58. The van der Waals surface area contributed by atoms with Crippen LogP contribution in [0.1, 0.15) is 33.1 Å². The molecule has 1 aromatic carbocycles. The first-order valence-corrected chi connectivity index (χ1v) is 7.47. The summed E-state index contributed by atoms with van der Waals surface area (Å²) in [5, 5.41) is 12.2. The summed E-state index contributed by atoms with van der Waals surface area (Å²) in [6, 6.07) is 5.69. The van der Waals surface area contributed by atoms with Gasteiger partial charge in [-0.1, -0.05) is 13.0 Å². The Morgan fingerprint density at radius 3 is 2.81 bits per heavy atom. The van der Waals surface area contributed by atoms with Crippen LogP contribution in [-0.4, -0.2) is 26.8 Å². The number of hydrogen-bond donors (Lipinski definition) is 1. The van der Waals surface area contributed by atoms with E-state index < -0.39 is 0 Å². The third-order valence-corrected chi connectivity index (χ3v) is 4.30. The molecule has 0 unspecified atom stereocenters. The predicted molar refractivity (Wildman–Crippen MR) is 80.8 cm³/mol. The van der Waals surface area contributed by atoms with E-state index in [1.807, 2.05) is 29.8 Å². The van der Waals surface area contributed by atoms with Crippen LogP contribution in [0, 0.1) is 5.41 Å². The van der Waals surface area contributed by atoms with Crippen LogP contribution in [-0.2, 0) is 6.54 Å². The molecule has 21 heavy (non-hydrogen) atoms. The van der Waals surface area contributed by atoms with Crippen molar-refractivity contribution in [2.45, 2.75) is 39.7 Å². The highest BCUT2D eigenvalue weighted by molar-refractivity contribution is 5.73. The molecule has 2 aromatic rings. The number of anilines is 1. The van der Waals surface area contributed by atoms with Crippen molar-refractivity contribution in [1.82, 2.24) is 20.2 Å². The van der Waals surface area contributed by atoms with E-state index >= 15 is 0 Å². The number of para-hydroxylation sites is 1. The van der Waals surface area contributed by atoms with Crippen molar-refractivity contribution in [3.05, 3.63) is 18.2 Å². The van der Waals surface area contributed by atoms with Gasteiger partial charge in [-0.05, 0) is 54.2 Å². The van der Waals surface area contributed by atoms with E-state index in [0.29, 0.717) is 23.5 Å². The minimum Gasteiger partial charge on any atom is -0.491 e. The Morgan fingerprint density at radius 1 is 1.33 bits per heavy atom. The highest BCUT2D eigenvalue weighted by atomic mass is 16.5. The van der Waals surface area contributed by atoms with Crippen molar-refractivity contribution in [1.29, 1.82) is 0 Å². The fourth-order valence-corrected chi connectivity index (χ4v) is 2.66. The van der Waals surface area contributed by atoms with Crippen LogP contribution in [0.5, 0.6) is 5.75 Å². The molecule has 0 aliphatic heterocycles. The fraction of sp³-hybridized carbons (Fsp3) is 0.533. The molecular formula is C15H21N5O. The lowest BCUT2D eigenvalue weighted by molar-refractivity contribution is 0.342. The molecule has 6 heteroatoms. The van der Waals surface area contributed by atoms with Gasteiger partial charge < -0.3 is 10.5 Å². The number of rotatable bonds is 6. The summed E-state index contributed by atoms with van der Waals surface area (Å²) in [7, 11) is 0. The fourth-order valence-electron chi connectivity index (χ4n) is 2.66. The average Bonchev–Trinajstić information content (AvgIpc) is 3.11. The van der Waals surface area contributed by atoms with E-state index in [4.69, 9.17) is 10.5 Å².